The van der Waals surface area contributed by atoms with Crippen LogP contribution >= 0.6 is 0 Å². The van der Waals surface area contributed by atoms with Crippen LogP contribution in [0.3, 0.4) is 0 Å². The van der Waals surface area contributed by atoms with Crippen molar-refractivity contribution >= 4 is 0 Å². The average molecular weight is 447 g/mol. The molecule has 0 aromatic rings. The van der Waals surface area contributed by atoms with Crippen molar-refractivity contribution in [2.45, 2.75) is 111 Å². The topological polar surface area (TPSA) is 38.7 Å². The summed E-state index contributed by atoms with van der Waals surface area (Å²) in [5.74, 6) is 5.34. The summed E-state index contributed by atoms with van der Waals surface area (Å²) in [4.78, 5) is 10.8. The molecule has 0 spiro atoms. The highest BCUT2D eigenvalue weighted by atomic mass is 17.2. The highest BCUT2D eigenvalue weighted by Gasteiger charge is 2.59. The summed E-state index contributed by atoms with van der Waals surface area (Å²) in [7, 11) is 0. The Hall–Kier alpha value is -0.380. The van der Waals surface area contributed by atoms with Crippen LogP contribution in [0.15, 0.2) is 11.6 Å². The lowest BCUT2D eigenvalue weighted by Crippen LogP contribution is -2.51. The van der Waals surface area contributed by atoms with E-state index in [2.05, 4.69) is 40.7 Å². The second-order valence-electron chi connectivity index (χ2n) is 12.8. The van der Waals surface area contributed by atoms with Gasteiger partial charge >= 0.3 is 0 Å². The Morgan fingerprint density at radius 3 is 2.59 bits per heavy atom. The quantitative estimate of drug-likeness (QED) is 0.174. The Labute approximate surface area is 197 Å². The van der Waals surface area contributed by atoms with Gasteiger partial charge in [-0.1, -0.05) is 65.5 Å². The van der Waals surface area contributed by atoms with Gasteiger partial charge < -0.3 is 5.11 Å². The number of rotatable bonds is 9. The molecule has 0 amide bonds. The van der Waals surface area contributed by atoms with E-state index in [1.807, 2.05) is 0 Å². The number of allylic oxidation sites excluding steroid dienone is 1. The minimum atomic E-state index is 0.0222. The van der Waals surface area contributed by atoms with Gasteiger partial charge in [0.05, 0.1) is 12.7 Å². The van der Waals surface area contributed by atoms with Crippen LogP contribution < -0.4 is 0 Å². The van der Waals surface area contributed by atoms with Crippen LogP contribution in [0.1, 0.15) is 105 Å². The molecule has 3 nitrogen and oxygen atoms in total. The lowest BCUT2D eigenvalue weighted by Gasteiger charge is -2.58. The molecule has 0 bridgehead atoms. The average Bonchev–Trinajstić information content (AvgIpc) is 3.11. The zero-order chi connectivity index (χ0) is 22.9. The van der Waals surface area contributed by atoms with E-state index in [9.17, 15) is 0 Å². The lowest BCUT2D eigenvalue weighted by molar-refractivity contribution is -0.331. The Morgan fingerprint density at radius 2 is 1.84 bits per heavy atom. The predicted octanol–water partition coefficient (Wildman–Crippen LogP) is 7.34. The molecule has 4 aliphatic carbocycles. The molecule has 4 aliphatic rings. The van der Waals surface area contributed by atoms with Crippen LogP contribution in [0.5, 0.6) is 0 Å². The second kappa shape index (κ2) is 10.1. The minimum Gasteiger partial charge on any atom is -0.394 e. The van der Waals surface area contributed by atoms with Gasteiger partial charge in [0.15, 0.2) is 0 Å². The summed E-state index contributed by atoms with van der Waals surface area (Å²) in [5, 5.41) is 8.95. The molecule has 0 heterocycles. The second-order valence-corrected chi connectivity index (χ2v) is 12.8. The number of hydrogen-bond acceptors (Lipinski definition) is 3. The number of aliphatic hydroxyl groups is 1. The third-order valence-electron chi connectivity index (χ3n) is 10.6. The van der Waals surface area contributed by atoms with Gasteiger partial charge in [-0.2, -0.15) is 0 Å². The summed E-state index contributed by atoms with van der Waals surface area (Å²) in [5.41, 5.74) is 2.57. The van der Waals surface area contributed by atoms with Crippen LogP contribution in [0.2, 0.25) is 0 Å². The molecule has 8 atom stereocenters. The van der Waals surface area contributed by atoms with Gasteiger partial charge in [0.2, 0.25) is 0 Å². The van der Waals surface area contributed by atoms with Crippen LogP contribution in [-0.4, -0.2) is 24.4 Å². The fraction of sp³-hybridized carbons (Fsp3) is 0.931. The number of fused-ring (bicyclic) bond motifs is 5. The molecule has 0 aromatic heterocycles. The van der Waals surface area contributed by atoms with Gasteiger partial charge in [-0.3, -0.25) is 0 Å². The molecule has 4 rings (SSSR count). The Kier molecular flexibility index (Phi) is 7.79. The van der Waals surface area contributed by atoms with Gasteiger partial charge in [-0.15, -0.1) is 0 Å². The molecule has 6 unspecified atom stereocenters. The van der Waals surface area contributed by atoms with Crippen molar-refractivity contribution in [2.24, 2.45) is 46.3 Å². The van der Waals surface area contributed by atoms with E-state index in [0.29, 0.717) is 10.8 Å². The Morgan fingerprint density at radius 1 is 1.03 bits per heavy atom. The lowest BCUT2D eigenvalue weighted by atomic mass is 9.47. The van der Waals surface area contributed by atoms with Crippen molar-refractivity contribution < 1.29 is 14.9 Å². The van der Waals surface area contributed by atoms with Crippen molar-refractivity contribution in [1.29, 1.82) is 0 Å². The Bertz CT molecular complexity index is 657. The predicted molar refractivity (Wildman–Crippen MR) is 131 cm³/mol. The van der Waals surface area contributed by atoms with Crippen LogP contribution in [-0.2, 0) is 9.78 Å². The summed E-state index contributed by atoms with van der Waals surface area (Å²) in [6, 6.07) is 0. The van der Waals surface area contributed by atoms with Crippen molar-refractivity contribution in [3.8, 4) is 0 Å². The molecule has 0 radical (unpaired) electrons. The van der Waals surface area contributed by atoms with Crippen LogP contribution in [0.4, 0.5) is 0 Å². The van der Waals surface area contributed by atoms with Gasteiger partial charge in [-0.25, -0.2) is 9.78 Å². The molecular formula is C29H50O3. The first-order valence-electron chi connectivity index (χ1n) is 13.9. The van der Waals surface area contributed by atoms with E-state index in [1.54, 1.807) is 5.57 Å². The van der Waals surface area contributed by atoms with E-state index in [0.717, 1.165) is 48.3 Å². The molecule has 3 fully saturated rings. The zero-order valence-electron chi connectivity index (χ0n) is 21.6. The molecule has 3 saturated carbocycles. The first kappa shape index (κ1) is 24.7. The van der Waals surface area contributed by atoms with E-state index in [1.165, 1.54) is 57.8 Å². The van der Waals surface area contributed by atoms with E-state index in [4.69, 9.17) is 14.9 Å². The highest BCUT2D eigenvalue weighted by Crippen LogP contribution is 2.67. The first-order chi connectivity index (χ1) is 15.3. The van der Waals surface area contributed by atoms with Gasteiger partial charge in [-0.05, 0) is 97.7 Å². The summed E-state index contributed by atoms with van der Waals surface area (Å²) in [6.45, 7) is 12.9. The normalized spacial score (nSPS) is 42.2. The van der Waals surface area contributed by atoms with Crippen molar-refractivity contribution in [3.05, 3.63) is 11.6 Å². The van der Waals surface area contributed by atoms with Crippen molar-refractivity contribution in [2.75, 3.05) is 13.2 Å². The fourth-order valence-electron chi connectivity index (χ4n) is 8.92. The highest BCUT2D eigenvalue weighted by molar-refractivity contribution is 5.25. The summed E-state index contributed by atoms with van der Waals surface area (Å²) in [6.07, 6.45) is 17.4. The van der Waals surface area contributed by atoms with Crippen molar-refractivity contribution in [3.63, 3.8) is 0 Å². The maximum Gasteiger partial charge on any atom is 0.105 e. The van der Waals surface area contributed by atoms with Gasteiger partial charge in [0.1, 0.15) is 6.61 Å². The Balaban J connectivity index is 1.42. The third kappa shape index (κ3) is 4.60. The third-order valence-corrected chi connectivity index (χ3v) is 10.6. The molecule has 32 heavy (non-hydrogen) atoms. The molecule has 3 heteroatoms. The van der Waals surface area contributed by atoms with Gasteiger partial charge in [0, 0.05) is 0 Å². The molecule has 0 saturated heterocycles. The molecule has 0 aromatic carbocycles. The SMILES string of the molecule is CC(C)CCCC(C)C1CCC2C3CC=C4CC(OOCCO)CC[C@]4(C)C3CC[C@]12C. The molecular weight excluding hydrogens is 396 g/mol. The maximum absolute atomic E-state index is 8.95. The summed E-state index contributed by atoms with van der Waals surface area (Å²) < 4.78 is 0. The maximum atomic E-state index is 8.95. The fourth-order valence-corrected chi connectivity index (χ4v) is 8.92. The zero-order valence-corrected chi connectivity index (χ0v) is 21.6. The minimum absolute atomic E-state index is 0.0222. The van der Waals surface area contributed by atoms with Crippen LogP contribution in [0.25, 0.3) is 0 Å². The van der Waals surface area contributed by atoms with Gasteiger partial charge in [0.25, 0.3) is 0 Å². The monoisotopic (exact) mass is 446 g/mol. The molecule has 184 valence electrons. The van der Waals surface area contributed by atoms with Crippen molar-refractivity contribution in [1.82, 2.24) is 0 Å². The molecule has 1 N–H and O–H groups in total. The summed E-state index contributed by atoms with van der Waals surface area (Å²) >= 11 is 0. The van der Waals surface area contributed by atoms with Crippen LogP contribution in [0, 0.1) is 46.3 Å². The standard InChI is InChI=1S/C29H50O3/c1-20(2)7-6-8-21(3)25-11-12-26-24-10-9-22-19-23(32-31-18-17-30)13-15-28(22,4)27(24)14-16-29(25,26)5/h9,20-21,23-27,30H,6-8,10-19H2,1-5H3/t21?,23?,24?,25?,26?,27?,28-,29+/m0/s1. The number of aliphatic hydroxyl groups excluding tert-OH is 1. The first-order valence-corrected chi connectivity index (χ1v) is 13.9. The van der Waals surface area contributed by atoms with E-state index < -0.39 is 0 Å². The smallest absolute Gasteiger partial charge is 0.105 e. The largest absolute Gasteiger partial charge is 0.394 e. The van der Waals surface area contributed by atoms with E-state index >= 15 is 0 Å². The molecule has 0 aliphatic heterocycles. The number of hydrogen-bond donors (Lipinski definition) is 1. The van der Waals surface area contributed by atoms with E-state index in [-0.39, 0.29) is 19.3 Å².